The summed E-state index contributed by atoms with van der Waals surface area (Å²) in [5.74, 6) is -0.520. The smallest absolute Gasteiger partial charge is 0.251 e. The lowest BCUT2D eigenvalue weighted by atomic mass is 10.1. The van der Waals surface area contributed by atoms with Crippen LogP contribution in [-0.2, 0) is 0 Å². The summed E-state index contributed by atoms with van der Waals surface area (Å²) in [6.45, 7) is 0. The van der Waals surface area contributed by atoms with E-state index in [2.05, 4.69) is 21.2 Å². The van der Waals surface area contributed by atoms with Crippen LogP contribution in [0.1, 0.15) is 23.2 Å². The molecule has 0 spiro atoms. The molecule has 2 rings (SSSR count). The van der Waals surface area contributed by atoms with Crippen molar-refractivity contribution in [3.05, 3.63) is 46.2 Å². The van der Waals surface area contributed by atoms with Gasteiger partial charge in [0.25, 0.3) is 5.91 Å². The van der Waals surface area contributed by atoms with Crippen molar-refractivity contribution in [2.24, 2.45) is 0 Å². The van der Waals surface area contributed by atoms with Crippen LogP contribution in [0, 0.1) is 5.82 Å². The van der Waals surface area contributed by atoms with Crippen molar-refractivity contribution in [1.82, 2.24) is 5.32 Å². The molecule has 1 aromatic rings. The van der Waals surface area contributed by atoms with E-state index in [1.54, 1.807) is 0 Å². The van der Waals surface area contributed by atoms with Gasteiger partial charge in [0.1, 0.15) is 5.82 Å². The van der Waals surface area contributed by atoms with Crippen LogP contribution >= 0.6 is 15.9 Å². The monoisotopic (exact) mass is 283 g/mol. The zero-order valence-electron chi connectivity index (χ0n) is 8.54. The molecular formula is C12H11BrFNO. The maximum atomic E-state index is 13.0. The van der Waals surface area contributed by atoms with Crippen LogP contribution in [0.2, 0.25) is 0 Å². The van der Waals surface area contributed by atoms with E-state index in [9.17, 15) is 9.18 Å². The summed E-state index contributed by atoms with van der Waals surface area (Å²) < 4.78 is 13.3. The Kier molecular flexibility index (Phi) is 3.39. The zero-order chi connectivity index (χ0) is 11.5. The second kappa shape index (κ2) is 4.78. The number of halogens is 2. The van der Waals surface area contributed by atoms with E-state index in [1.807, 2.05) is 12.2 Å². The molecule has 0 bridgehead atoms. The highest BCUT2D eigenvalue weighted by Gasteiger charge is 2.15. The maximum Gasteiger partial charge on any atom is 0.251 e. The fourth-order valence-electron chi connectivity index (χ4n) is 1.64. The molecule has 0 aliphatic heterocycles. The number of benzene rings is 1. The summed E-state index contributed by atoms with van der Waals surface area (Å²) in [6.07, 6.45) is 5.83. The number of amides is 1. The molecule has 0 heterocycles. The highest BCUT2D eigenvalue weighted by atomic mass is 79.9. The molecule has 0 fully saturated rings. The van der Waals surface area contributed by atoms with Crippen molar-refractivity contribution in [2.45, 2.75) is 18.9 Å². The van der Waals surface area contributed by atoms with E-state index in [0.717, 1.165) is 12.8 Å². The van der Waals surface area contributed by atoms with Crippen LogP contribution in [-0.4, -0.2) is 11.9 Å². The molecule has 1 aliphatic rings. The first-order chi connectivity index (χ1) is 7.66. The maximum absolute atomic E-state index is 13.0. The standard InChI is InChI=1S/C12H11BrFNO/c13-10-7-8(5-6-11(10)14)12(16)15-9-3-1-2-4-9/h1-2,5-7,9H,3-4H2,(H,15,16). The Morgan fingerprint density at radius 1 is 1.38 bits per heavy atom. The van der Waals surface area contributed by atoms with Crippen LogP contribution in [0.15, 0.2) is 34.8 Å². The molecule has 4 heteroatoms. The van der Waals surface area contributed by atoms with E-state index >= 15 is 0 Å². The predicted octanol–water partition coefficient (Wildman–Crippen LogP) is 3.04. The Hall–Kier alpha value is -1.16. The van der Waals surface area contributed by atoms with Crippen LogP contribution in [0.4, 0.5) is 4.39 Å². The van der Waals surface area contributed by atoms with E-state index in [-0.39, 0.29) is 17.8 Å². The summed E-state index contributed by atoms with van der Waals surface area (Å²) in [7, 11) is 0. The number of rotatable bonds is 2. The lowest BCUT2D eigenvalue weighted by molar-refractivity contribution is 0.0939. The van der Waals surface area contributed by atoms with Gasteiger partial charge in [-0.2, -0.15) is 0 Å². The molecule has 0 aromatic heterocycles. The van der Waals surface area contributed by atoms with Crippen LogP contribution < -0.4 is 5.32 Å². The largest absolute Gasteiger partial charge is 0.349 e. The number of carbonyl (C=O) groups is 1. The van der Waals surface area contributed by atoms with Gasteiger partial charge in [0.15, 0.2) is 0 Å². The lowest BCUT2D eigenvalue weighted by Crippen LogP contribution is -2.32. The molecule has 0 saturated carbocycles. The van der Waals surface area contributed by atoms with Gasteiger partial charge < -0.3 is 5.32 Å². The molecule has 1 aromatic carbocycles. The van der Waals surface area contributed by atoms with Gasteiger partial charge >= 0.3 is 0 Å². The highest BCUT2D eigenvalue weighted by Crippen LogP contribution is 2.17. The topological polar surface area (TPSA) is 29.1 Å². The Labute approximate surface area is 102 Å². The lowest BCUT2D eigenvalue weighted by Gasteiger charge is -2.12. The molecule has 84 valence electrons. The quantitative estimate of drug-likeness (QED) is 0.831. The van der Waals surface area contributed by atoms with Gasteiger partial charge in [-0.1, -0.05) is 12.2 Å². The Bertz CT molecular complexity index is 437. The average Bonchev–Trinajstić information content (AvgIpc) is 2.74. The van der Waals surface area contributed by atoms with Gasteiger partial charge in [0.2, 0.25) is 0 Å². The minimum absolute atomic E-state index is 0.158. The fraction of sp³-hybridized carbons (Fsp3) is 0.250. The third-order valence-corrected chi connectivity index (χ3v) is 3.13. The minimum atomic E-state index is -0.362. The van der Waals surface area contributed by atoms with Gasteiger partial charge in [0.05, 0.1) is 4.47 Å². The first-order valence-electron chi connectivity index (χ1n) is 5.08. The van der Waals surface area contributed by atoms with E-state index in [1.165, 1.54) is 18.2 Å². The molecule has 2 nitrogen and oxygen atoms in total. The Morgan fingerprint density at radius 2 is 2.06 bits per heavy atom. The van der Waals surface area contributed by atoms with Gasteiger partial charge in [-0.05, 0) is 47.0 Å². The summed E-state index contributed by atoms with van der Waals surface area (Å²) >= 11 is 3.06. The Balaban J connectivity index is 2.05. The molecule has 16 heavy (non-hydrogen) atoms. The molecule has 1 aliphatic carbocycles. The van der Waals surface area contributed by atoms with Crippen molar-refractivity contribution in [3.8, 4) is 0 Å². The van der Waals surface area contributed by atoms with E-state index in [4.69, 9.17) is 0 Å². The molecular weight excluding hydrogens is 273 g/mol. The fourth-order valence-corrected chi connectivity index (χ4v) is 2.02. The van der Waals surface area contributed by atoms with Crippen molar-refractivity contribution in [3.63, 3.8) is 0 Å². The van der Waals surface area contributed by atoms with Gasteiger partial charge in [0, 0.05) is 11.6 Å². The van der Waals surface area contributed by atoms with Gasteiger partial charge in [-0.25, -0.2) is 4.39 Å². The first kappa shape index (κ1) is 11.3. The van der Waals surface area contributed by atoms with Crippen LogP contribution in [0.3, 0.4) is 0 Å². The summed E-state index contributed by atoms with van der Waals surface area (Å²) in [5.41, 5.74) is 0.472. The van der Waals surface area contributed by atoms with Crippen molar-refractivity contribution < 1.29 is 9.18 Å². The molecule has 0 unspecified atom stereocenters. The minimum Gasteiger partial charge on any atom is -0.349 e. The van der Waals surface area contributed by atoms with E-state index < -0.39 is 0 Å². The van der Waals surface area contributed by atoms with Crippen molar-refractivity contribution >= 4 is 21.8 Å². The Morgan fingerprint density at radius 3 is 2.69 bits per heavy atom. The van der Waals surface area contributed by atoms with Crippen molar-refractivity contribution in [2.75, 3.05) is 0 Å². The normalized spacial score (nSPS) is 15.4. The number of hydrogen-bond donors (Lipinski definition) is 1. The zero-order valence-corrected chi connectivity index (χ0v) is 10.1. The summed E-state index contributed by atoms with van der Waals surface area (Å²) in [4.78, 5) is 11.8. The van der Waals surface area contributed by atoms with Gasteiger partial charge in [-0.15, -0.1) is 0 Å². The highest BCUT2D eigenvalue weighted by molar-refractivity contribution is 9.10. The SMILES string of the molecule is O=C(NC1CC=CC1)c1ccc(F)c(Br)c1. The summed E-state index contributed by atoms with van der Waals surface area (Å²) in [5, 5.41) is 2.90. The summed E-state index contributed by atoms with van der Waals surface area (Å²) in [6, 6.07) is 4.44. The van der Waals surface area contributed by atoms with Crippen LogP contribution in [0.5, 0.6) is 0 Å². The van der Waals surface area contributed by atoms with Crippen LogP contribution in [0.25, 0.3) is 0 Å². The number of carbonyl (C=O) groups excluding carboxylic acids is 1. The number of nitrogens with one attached hydrogen (secondary N) is 1. The predicted molar refractivity (Wildman–Crippen MR) is 63.7 cm³/mol. The molecule has 0 saturated heterocycles. The first-order valence-corrected chi connectivity index (χ1v) is 5.87. The second-order valence-electron chi connectivity index (χ2n) is 3.74. The number of hydrogen-bond acceptors (Lipinski definition) is 1. The molecule has 1 N–H and O–H groups in total. The third kappa shape index (κ3) is 2.50. The second-order valence-corrected chi connectivity index (χ2v) is 4.60. The molecule has 0 radical (unpaired) electrons. The third-order valence-electron chi connectivity index (χ3n) is 2.52. The van der Waals surface area contributed by atoms with E-state index in [0.29, 0.717) is 10.0 Å². The van der Waals surface area contributed by atoms with Gasteiger partial charge in [-0.3, -0.25) is 4.79 Å². The average molecular weight is 284 g/mol. The molecule has 1 amide bonds. The van der Waals surface area contributed by atoms with Crippen molar-refractivity contribution in [1.29, 1.82) is 0 Å². The molecule has 0 atom stereocenters.